The lowest BCUT2D eigenvalue weighted by Gasteiger charge is -2.40. The minimum atomic E-state index is -1.56. The summed E-state index contributed by atoms with van der Waals surface area (Å²) in [7, 11) is 0. The normalized spacial score (nSPS) is 19.8. The molecule has 0 saturated carbocycles. The molecule has 1 fully saturated rings. The average molecular weight is 951 g/mol. The lowest BCUT2D eigenvalue weighted by Crippen LogP contribution is -2.60. The van der Waals surface area contributed by atoms with Crippen molar-refractivity contribution in [3.8, 4) is 0 Å². The topological polar surface area (TPSA) is 149 Å². The second-order valence-corrected chi connectivity index (χ2v) is 20.4. The molecule has 1 saturated heterocycles. The molecule has 1 rings (SSSR count). The van der Waals surface area contributed by atoms with Crippen molar-refractivity contribution in [3.05, 3.63) is 24.3 Å². The molecule has 1 amide bonds. The molecule has 0 radical (unpaired) electrons. The number of hydrogen-bond donors (Lipinski definition) is 6. The molecule has 0 bridgehead atoms. The number of amides is 1. The smallest absolute Gasteiger partial charge is 0.220 e. The zero-order valence-corrected chi connectivity index (χ0v) is 43.9. The number of carbonyl (C=O) groups excluding carboxylic acids is 1. The Morgan fingerprint density at radius 3 is 1.21 bits per heavy atom. The molecule has 1 aliphatic rings. The second kappa shape index (κ2) is 48.3. The number of carbonyl (C=O) groups is 1. The van der Waals surface area contributed by atoms with E-state index in [-0.39, 0.29) is 12.5 Å². The molecule has 7 unspecified atom stereocenters. The largest absolute Gasteiger partial charge is 0.394 e. The van der Waals surface area contributed by atoms with Crippen LogP contribution >= 0.6 is 0 Å². The van der Waals surface area contributed by atoms with Gasteiger partial charge in [-0.1, -0.05) is 256 Å². The Kier molecular flexibility index (Phi) is 45.9. The quantitative estimate of drug-likeness (QED) is 0.0261. The summed E-state index contributed by atoms with van der Waals surface area (Å²) in [5, 5.41) is 54.5. The van der Waals surface area contributed by atoms with Crippen LogP contribution in [0.1, 0.15) is 284 Å². The zero-order chi connectivity index (χ0) is 48.7. The van der Waals surface area contributed by atoms with Crippen molar-refractivity contribution in [2.75, 3.05) is 13.2 Å². The van der Waals surface area contributed by atoms with Gasteiger partial charge in [-0.3, -0.25) is 4.79 Å². The summed E-state index contributed by atoms with van der Waals surface area (Å²) in [5.41, 5.74) is 0. The van der Waals surface area contributed by atoms with E-state index < -0.39 is 49.5 Å². The fourth-order valence-corrected chi connectivity index (χ4v) is 9.39. The van der Waals surface area contributed by atoms with E-state index >= 15 is 0 Å². The number of rotatable bonds is 50. The van der Waals surface area contributed by atoms with Crippen LogP contribution in [0.4, 0.5) is 0 Å². The van der Waals surface area contributed by atoms with Crippen LogP contribution in [0.3, 0.4) is 0 Å². The molecule has 0 aromatic rings. The summed E-state index contributed by atoms with van der Waals surface area (Å²) in [6, 6.07) is -0.803. The third-order valence-corrected chi connectivity index (χ3v) is 14.0. The Balaban J connectivity index is 2.19. The van der Waals surface area contributed by atoms with E-state index in [1.54, 1.807) is 6.08 Å². The molecular weight excluding hydrogens is 839 g/mol. The maximum Gasteiger partial charge on any atom is 0.220 e. The molecule has 6 N–H and O–H groups in total. The van der Waals surface area contributed by atoms with Crippen LogP contribution in [-0.2, 0) is 14.3 Å². The van der Waals surface area contributed by atoms with Crippen molar-refractivity contribution in [1.29, 1.82) is 0 Å². The Hall–Kier alpha value is -1.33. The van der Waals surface area contributed by atoms with Crippen LogP contribution in [0.2, 0.25) is 0 Å². The average Bonchev–Trinajstić information content (AvgIpc) is 3.33. The first kappa shape index (κ1) is 63.7. The van der Waals surface area contributed by atoms with Crippen LogP contribution < -0.4 is 5.32 Å². The van der Waals surface area contributed by atoms with Gasteiger partial charge in [-0.15, -0.1) is 0 Å². The number of aliphatic hydroxyl groups is 5. The molecule has 9 heteroatoms. The summed E-state index contributed by atoms with van der Waals surface area (Å²) < 4.78 is 11.3. The summed E-state index contributed by atoms with van der Waals surface area (Å²) in [6.07, 6.45) is 53.9. The fourth-order valence-electron chi connectivity index (χ4n) is 9.39. The van der Waals surface area contributed by atoms with Crippen LogP contribution in [0.25, 0.3) is 0 Å². The van der Waals surface area contributed by atoms with Gasteiger partial charge in [-0.2, -0.15) is 0 Å². The summed E-state index contributed by atoms with van der Waals surface area (Å²) in [5.74, 6) is -0.174. The molecule has 67 heavy (non-hydrogen) atoms. The highest BCUT2D eigenvalue weighted by atomic mass is 16.7. The highest BCUT2D eigenvalue weighted by Crippen LogP contribution is 2.23. The Labute approximate surface area is 413 Å². The first-order chi connectivity index (χ1) is 32.8. The van der Waals surface area contributed by atoms with Crippen molar-refractivity contribution >= 4 is 5.91 Å². The molecule has 0 spiro atoms. The molecule has 1 aliphatic heterocycles. The molecular formula is C58H111NO8. The first-order valence-corrected chi connectivity index (χ1v) is 29.1. The van der Waals surface area contributed by atoms with Crippen LogP contribution in [0, 0.1) is 0 Å². The molecule has 0 aromatic carbocycles. The Morgan fingerprint density at radius 1 is 0.493 bits per heavy atom. The van der Waals surface area contributed by atoms with Gasteiger partial charge in [0.25, 0.3) is 0 Å². The lowest BCUT2D eigenvalue weighted by molar-refractivity contribution is -0.302. The number of allylic oxidation sites excluding steroid dienone is 3. The fraction of sp³-hybridized carbons (Fsp3) is 0.914. The van der Waals surface area contributed by atoms with E-state index in [9.17, 15) is 30.3 Å². The first-order valence-electron chi connectivity index (χ1n) is 29.1. The minimum Gasteiger partial charge on any atom is -0.394 e. The molecule has 396 valence electrons. The number of unbranched alkanes of at least 4 members (excludes halogenated alkanes) is 38. The van der Waals surface area contributed by atoms with Gasteiger partial charge in [-0.25, -0.2) is 0 Å². The van der Waals surface area contributed by atoms with E-state index in [4.69, 9.17) is 9.47 Å². The highest BCUT2D eigenvalue weighted by molar-refractivity contribution is 5.76. The van der Waals surface area contributed by atoms with Gasteiger partial charge in [0.05, 0.1) is 25.4 Å². The molecule has 0 aromatic heterocycles. The van der Waals surface area contributed by atoms with Crippen LogP contribution in [0.5, 0.6) is 0 Å². The maximum absolute atomic E-state index is 13.0. The van der Waals surface area contributed by atoms with Crippen molar-refractivity contribution in [1.82, 2.24) is 5.32 Å². The number of ether oxygens (including phenoxy) is 2. The van der Waals surface area contributed by atoms with E-state index in [0.29, 0.717) is 6.42 Å². The van der Waals surface area contributed by atoms with Gasteiger partial charge in [0.2, 0.25) is 5.91 Å². The van der Waals surface area contributed by atoms with Crippen molar-refractivity contribution < 1.29 is 39.8 Å². The lowest BCUT2D eigenvalue weighted by atomic mass is 9.99. The number of aliphatic hydroxyl groups excluding tert-OH is 5. The standard InChI is InChI=1S/C58H111NO8/c1-3-5-7-9-11-13-15-17-19-21-22-23-24-25-26-27-28-29-30-32-34-36-38-40-42-44-46-48-54(62)59-51(50-66-58-57(65)56(64)55(63)53(49-60)67-58)52(61)47-45-43-41-39-37-35-33-31-20-18-16-14-12-10-8-6-4-2/h25-26,45,47,51-53,55-58,60-61,63-65H,3-24,27-44,46,48-50H2,1-2H3,(H,59,62)/b26-25-,47-45+. The summed E-state index contributed by atoms with van der Waals surface area (Å²) in [6.45, 7) is 3.81. The molecule has 7 atom stereocenters. The van der Waals surface area contributed by atoms with Gasteiger partial charge in [0.1, 0.15) is 24.4 Å². The minimum absolute atomic E-state index is 0.174. The van der Waals surface area contributed by atoms with Crippen molar-refractivity contribution in [3.63, 3.8) is 0 Å². The van der Waals surface area contributed by atoms with E-state index in [0.717, 1.165) is 38.5 Å². The maximum atomic E-state index is 13.0. The molecule has 0 aliphatic carbocycles. The predicted octanol–water partition coefficient (Wildman–Crippen LogP) is 14.2. The van der Waals surface area contributed by atoms with E-state index in [2.05, 4.69) is 31.3 Å². The van der Waals surface area contributed by atoms with Gasteiger partial charge >= 0.3 is 0 Å². The van der Waals surface area contributed by atoms with Crippen LogP contribution in [-0.4, -0.2) is 87.5 Å². The second-order valence-electron chi connectivity index (χ2n) is 20.4. The van der Waals surface area contributed by atoms with Crippen molar-refractivity contribution in [2.45, 2.75) is 326 Å². The highest BCUT2D eigenvalue weighted by Gasteiger charge is 2.44. The van der Waals surface area contributed by atoms with Gasteiger partial charge < -0.3 is 40.3 Å². The number of hydrogen-bond acceptors (Lipinski definition) is 8. The molecule has 1 heterocycles. The van der Waals surface area contributed by atoms with E-state index in [1.807, 2.05) is 6.08 Å². The zero-order valence-electron chi connectivity index (χ0n) is 43.9. The monoisotopic (exact) mass is 950 g/mol. The van der Waals surface area contributed by atoms with Gasteiger partial charge in [-0.05, 0) is 44.9 Å². The SMILES string of the molecule is CCCCCCCCCCCCCC/C=C\CCCCCCCCCCCCCC(=O)NC(COC1OC(CO)C(O)C(O)C1O)C(O)/C=C/CCCCCCCCCCCCCCCCC. The third-order valence-electron chi connectivity index (χ3n) is 14.0. The van der Waals surface area contributed by atoms with Gasteiger partial charge in [0.15, 0.2) is 6.29 Å². The van der Waals surface area contributed by atoms with Gasteiger partial charge in [0, 0.05) is 6.42 Å². The van der Waals surface area contributed by atoms with Crippen LogP contribution in [0.15, 0.2) is 24.3 Å². The number of nitrogens with one attached hydrogen (secondary N) is 1. The third kappa shape index (κ3) is 38.1. The summed E-state index contributed by atoms with van der Waals surface area (Å²) in [4.78, 5) is 13.0. The summed E-state index contributed by atoms with van der Waals surface area (Å²) >= 11 is 0. The molecule has 9 nitrogen and oxygen atoms in total. The van der Waals surface area contributed by atoms with Crippen molar-refractivity contribution in [2.24, 2.45) is 0 Å². The Bertz CT molecular complexity index is 1100. The Morgan fingerprint density at radius 2 is 0.836 bits per heavy atom. The predicted molar refractivity (Wildman–Crippen MR) is 281 cm³/mol. The van der Waals surface area contributed by atoms with E-state index in [1.165, 1.54) is 225 Å².